The van der Waals surface area contributed by atoms with E-state index in [0.29, 0.717) is 24.9 Å². The van der Waals surface area contributed by atoms with Gasteiger partial charge >= 0.3 is 11.9 Å². The Morgan fingerprint density at radius 3 is 2.61 bits per heavy atom. The summed E-state index contributed by atoms with van der Waals surface area (Å²) < 4.78 is 0. The third-order valence-corrected chi connectivity index (χ3v) is 5.77. The van der Waals surface area contributed by atoms with Crippen molar-refractivity contribution < 1.29 is 29.7 Å². The van der Waals surface area contributed by atoms with E-state index in [0.717, 1.165) is 17.7 Å². The molecule has 1 aliphatic heterocycles. The molecule has 1 atom stereocenters. The highest BCUT2D eigenvalue weighted by Gasteiger charge is 2.27. The van der Waals surface area contributed by atoms with Crippen molar-refractivity contribution in [2.45, 2.75) is 44.8 Å². The Morgan fingerprint density at radius 2 is 1.88 bits per heavy atom. The minimum absolute atomic E-state index is 0.0968. The van der Waals surface area contributed by atoms with Crippen molar-refractivity contribution in [2.75, 3.05) is 23.3 Å². The molecule has 5 N–H and O–H groups in total. The Hall–Kier alpha value is -3.43. The molecule has 0 saturated heterocycles. The second-order valence-corrected chi connectivity index (χ2v) is 8.74. The molecule has 0 spiro atoms. The van der Waals surface area contributed by atoms with E-state index in [-0.39, 0.29) is 23.9 Å². The molecule has 0 fully saturated rings. The van der Waals surface area contributed by atoms with E-state index >= 15 is 0 Å². The Bertz CT molecular complexity index is 1050. The largest absolute Gasteiger partial charge is 0.506 e. The molecule has 0 saturated carbocycles. The lowest BCUT2D eigenvalue weighted by molar-refractivity contribution is -0.147. The molecule has 0 radical (unpaired) electrons. The monoisotopic (exact) mass is 455 g/mol. The molecule has 9 nitrogen and oxygen atoms in total. The molecule has 1 heterocycles. The number of hydrogen-bond acceptors (Lipinski definition) is 6. The zero-order chi connectivity index (χ0) is 24.2. The fourth-order valence-electron chi connectivity index (χ4n) is 3.75. The van der Waals surface area contributed by atoms with Crippen LogP contribution in [-0.2, 0) is 20.8 Å². The van der Waals surface area contributed by atoms with Gasteiger partial charge in [-0.15, -0.1) is 0 Å². The highest BCUT2D eigenvalue weighted by molar-refractivity contribution is 6.36. The molecule has 3 rings (SSSR count). The van der Waals surface area contributed by atoms with E-state index in [2.05, 4.69) is 10.6 Å². The molecule has 9 heteroatoms. The van der Waals surface area contributed by atoms with Crippen LogP contribution in [-0.4, -0.2) is 51.7 Å². The molecular formula is C24H29N3O6. The van der Waals surface area contributed by atoms with Crippen LogP contribution in [0.1, 0.15) is 43.9 Å². The number of fused-ring (bicyclic) bond motifs is 1. The van der Waals surface area contributed by atoms with Crippen molar-refractivity contribution in [3.8, 4) is 5.75 Å². The number of amides is 2. The first-order valence-corrected chi connectivity index (χ1v) is 10.8. The number of hydrogen-bond donors (Lipinski definition) is 5. The maximum absolute atomic E-state index is 12.5. The fourth-order valence-corrected chi connectivity index (χ4v) is 3.75. The van der Waals surface area contributed by atoms with E-state index < -0.39 is 23.5 Å². The number of rotatable bonds is 8. The third kappa shape index (κ3) is 6.09. The van der Waals surface area contributed by atoms with Crippen LogP contribution in [0.2, 0.25) is 0 Å². The molecule has 0 aliphatic carbocycles. The standard InChI is InChI=1S/C24H29N3O6/c1-24(2,11-12-27-18-6-4-3-5-15(18)8-10-21(27)30)25-14-20(29)16-7-9-19(28)17(13-16)26-22(31)23(32)33/h3-7,9,13,20,25,28-29H,8,10-12,14H2,1-2H3,(H,26,31)(H,32,33). The van der Waals surface area contributed by atoms with Crippen LogP contribution in [0.25, 0.3) is 0 Å². The van der Waals surface area contributed by atoms with Crippen molar-refractivity contribution in [3.05, 3.63) is 53.6 Å². The number of para-hydroxylation sites is 1. The van der Waals surface area contributed by atoms with E-state index in [1.54, 1.807) is 0 Å². The Kier molecular flexibility index (Phi) is 7.35. The lowest BCUT2D eigenvalue weighted by atomic mass is 9.96. The van der Waals surface area contributed by atoms with Crippen molar-refractivity contribution in [1.29, 1.82) is 0 Å². The third-order valence-electron chi connectivity index (χ3n) is 5.77. The van der Waals surface area contributed by atoms with E-state index in [4.69, 9.17) is 5.11 Å². The van der Waals surface area contributed by atoms with Crippen molar-refractivity contribution in [1.82, 2.24) is 5.32 Å². The lowest BCUT2D eigenvalue weighted by Crippen LogP contribution is -2.46. The normalized spacial score (nSPS) is 14.5. The minimum Gasteiger partial charge on any atom is -0.506 e. The Labute approximate surface area is 192 Å². The number of phenols is 1. The molecule has 1 unspecified atom stereocenters. The summed E-state index contributed by atoms with van der Waals surface area (Å²) in [5.74, 6) is -3.17. The summed E-state index contributed by atoms with van der Waals surface area (Å²) in [7, 11) is 0. The molecule has 33 heavy (non-hydrogen) atoms. The molecule has 2 amide bonds. The van der Waals surface area contributed by atoms with Gasteiger partial charge in [0, 0.05) is 30.7 Å². The first kappa shape index (κ1) is 24.2. The number of aliphatic hydroxyl groups is 1. The number of β-amino-alcohol motifs (C(OH)–C–C–N with tert-alkyl or cyclic N) is 1. The minimum atomic E-state index is -1.68. The zero-order valence-corrected chi connectivity index (χ0v) is 18.7. The van der Waals surface area contributed by atoms with Gasteiger partial charge in [-0.05, 0) is 56.0 Å². The fraction of sp³-hybridized carbons (Fsp3) is 0.375. The van der Waals surface area contributed by atoms with Crippen molar-refractivity contribution in [2.24, 2.45) is 0 Å². The number of nitrogens with one attached hydrogen (secondary N) is 2. The van der Waals surface area contributed by atoms with Gasteiger partial charge in [0.05, 0.1) is 11.8 Å². The first-order chi connectivity index (χ1) is 15.6. The summed E-state index contributed by atoms with van der Waals surface area (Å²) in [6, 6.07) is 12.0. The number of phenolic OH excluding ortho intramolecular Hbond substituents is 1. The Morgan fingerprint density at radius 1 is 1.15 bits per heavy atom. The number of anilines is 2. The quantitative estimate of drug-likeness (QED) is 0.304. The number of aryl methyl sites for hydroxylation is 1. The molecule has 2 aromatic rings. The number of carbonyl (C=O) groups is 3. The maximum Gasteiger partial charge on any atom is 0.394 e. The van der Waals surface area contributed by atoms with Gasteiger partial charge in [0.15, 0.2) is 0 Å². The van der Waals surface area contributed by atoms with E-state index in [1.165, 1.54) is 18.2 Å². The van der Waals surface area contributed by atoms with Crippen LogP contribution in [0.5, 0.6) is 5.75 Å². The number of aliphatic hydroxyl groups excluding tert-OH is 1. The van der Waals surface area contributed by atoms with Crippen molar-refractivity contribution in [3.63, 3.8) is 0 Å². The van der Waals surface area contributed by atoms with E-state index in [1.807, 2.05) is 43.0 Å². The summed E-state index contributed by atoms with van der Waals surface area (Å²) in [5, 5.41) is 34.6. The number of nitrogens with zero attached hydrogens (tertiary/aromatic N) is 1. The number of carbonyl (C=O) groups excluding carboxylic acids is 2. The number of carboxylic acids is 1. The lowest BCUT2D eigenvalue weighted by Gasteiger charge is -2.34. The first-order valence-electron chi connectivity index (χ1n) is 10.8. The van der Waals surface area contributed by atoms with E-state index in [9.17, 15) is 24.6 Å². The van der Waals surface area contributed by atoms with Gasteiger partial charge in [-0.1, -0.05) is 24.3 Å². The topological polar surface area (TPSA) is 139 Å². The van der Waals surface area contributed by atoms with Crippen LogP contribution >= 0.6 is 0 Å². The average molecular weight is 456 g/mol. The second-order valence-electron chi connectivity index (χ2n) is 8.74. The van der Waals surface area contributed by atoms with Crippen LogP contribution in [0.3, 0.4) is 0 Å². The summed E-state index contributed by atoms with van der Waals surface area (Å²) in [4.78, 5) is 36.4. The van der Waals surface area contributed by atoms with Crippen LogP contribution < -0.4 is 15.5 Å². The summed E-state index contributed by atoms with van der Waals surface area (Å²) in [6.45, 7) is 4.68. The van der Waals surface area contributed by atoms with Gasteiger partial charge in [0.25, 0.3) is 0 Å². The maximum atomic E-state index is 12.5. The smallest absolute Gasteiger partial charge is 0.394 e. The van der Waals surface area contributed by atoms with Gasteiger partial charge in [0.2, 0.25) is 5.91 Å². The Balaban J connectivity index is 1.59. The summed E-state index contributed by atoms with van der Waals surface area (Å²) in [5.41, 5.74) is 2.02. The van der Waals surface area contributed by atoms with Crippen LogP contribution in [0, 0.1) is 0 Å². The average Bonchev–Trinajstić information content (AvgIpc) is 2.78. The predicted octanol–water partition coefficient (Wildman–Crippen LogP) is 2.19. The van der Waals surface area contributed by atoms with Gasteiger partial charge in [-0.3, -0.25) is 9.59 Å². The highest BCUT2D eigenvalue weighted by Crippen LogP contribution is 2.29. The molecule has 0 aromatic heterocycles. The molecule has 176 valence electrons. The molecular weight excluding hydrogens is 426 g/mol. The van der Waals surface area contributed by atoms with Gasteiger partial charge in [-0.25, -0.2) is 4.79 Å². The second kappa shape index (κ2) is 10.0. The summed E-state index contributed by atoms with van der Waals surface area (Å²) in [6.07, 6.45) is 0.921. The van der Waals surface area contributed by atoms with Crippen molar-refractivity contribution >= 4 is 29.2 Å². The number of aliphatic carboxylic acids is 1. The molecule has 1 aliphatic rings. The SMILES string of the molecule is CC(C)(CCN1C(=O)CCc2ccccc21)NCC(O)c1ccc(O)c(NC(=O)C(=O)O)c1. The zero-order valence-electron chi connectivity index (χ0n) is 18.7. The number of carboxylic acid groups (broad SMARTS) is 1. The van der Waals surface area contributed by atoms with Gasteiger partial charge in [-0.2, -0.15) is 0 Å². The number of aromatic hydroxyl groups is 1. The van der Waals surface area contributed by atoms with Gasteiger partial charge in [0.1, 0.15) is 5.75 Å². The predicted molar refractivity (Wildman–Crippen MR) is 123 cm³/mol. The molecule has 0 bridgehead atoms. The molecule has 2 aromatic carbocycles. The number of benzene rings is 2. The van der Waals surface area contributed by atoms with Crippen LogP contribution in [0.15, 0.2) is 42.5 Å². The summed E-state index contributed by atoms with van der Waals surface area (Å²) >= 11 is 0. The highest BCUT2D eigenvalue weighted by atomic mass is 16.4. The van der Waals surface area contributed by atoms with Gasteiger partial charge < -0.3 is 30.9 Å². The van der Waals surface area contributed by atoms with Crippen LogP contribution in [0.4, 0.5) is 11.4 Å².